The zero-order valence-electron chi connectivity index (χ0n) is 12.5. The fraction of sp³-hybridized carbons (Fsp3) is 0.412. The number of hydrogen-bond donors (Lipinski definition) is 1. The normalized spacial score (nSPS) is 13.5. The Morgan fingerprint density at radius 1 is 1.00 bits per heavy atom. The maximum atomic E-state index is 10.7. The van der Waals surface area contributed by atoms with E-state index < -0.39 is 11.5 Å². The third kappa shape index (κ3) is 2.73. The molecule has 0 saturated carbocycles. The van der Waals surface area contributed by atoms with Gasteiger partial charge in [-0.25, -0.2) is 0 Å². The number of aromatic nitrogens is 2. The van der Waals surface area contributed by atoms with E-state index in [2.05, 4.69) is 23.8 Å². The first-order valence-electron chi connectivity index (χ1n) is 6.99. The highest BCUT2D eigenvalue weighted by atomic mass is 16.3. The first-order valence-corrected chi connectivity index (χ1v) is 6.99. The predicted molar refractivity (Wildman–Crippen MR) is 80.5 cm³/mol. The van der Waals surface area contributed by atoms with E-state index in [0.29, 0.717) is 0 Å². The first kappa shape index (κ1) is 14.7. The summed E-state index contributed by atoms with van der Waals surface area (Å²) in [6.07, 6.45) is 2.79. The largest absolute Gasteiger partial charge is 0.387 e. The topological polar surface area (TPSA) is 46.0 Å². The quantitative estimate of drug-likeness (QED) is 0.923. The first-order chi connectivity index (χ1) is 9.44. The van der Waals surface area contributed by atoms with Crippen LogP contribution in [0.2, 0.25) is 0 Å². The Bertz CT molecular complexity index is 564. The summed E-state index contributed by atoms with van der Waals surface area (Å²) in [5, 5.41) is 10.7. The highest BCUT2D eigenvalue weighted by Gasteiger charge is 2.35. The Kier molecular flexibility index (Phi) is 4.19. The van der Waals surface area contributed by atoms with Gasteiger partial charge >= 0.3 is 0 Å². The molecule has 106 valence electrons. The lowest BCUT2D eigenvalue weighted by molar-refractivity contribution is 0.0968. The summed E-state index contributed by atoms with van der Waals surface area (Å²) in [6.45, 7) is 8.22. The number of nitrogens with zero attached hydrogens (tertiary/aromatic N) is 2. The van der Waals surface area contributed by atoms with Crippen molar-refractivity contribution in [2.75, 3.05) is 0 Å². The van der Waals surface area contributed by atoms with Gasteiger partial charge in [0.25, 0.3) is 0 Å². The molecule has 1 N–H and O–H groups in total. The molecule has 1 heterocycles. The molecule has 0 aliphatic rings. The summed E-state index contributed by atoms with van der Waals surface area (Å²) < 4.78 is 0. The molecule has 20 heavy (non-hydrogen) atoms. The molecule has 0 spiro atoms. The zero-order chi connectivity index (χ0) is 14.8. The van der Waals surface area contributed by atoms with E-state index in [-0.39, 0.29) is 5.92 Å². The second-order valence-electron chi connectivity index (χ2n) is 5.98. The summed E-state index contributed by atoms with van der Waals surface area (Å²) in [4.78, 5) is 8.94. The Morgan fingerprint density at radius 2 is 1.60 bits per heavy atom. The Morgan fingerprint density at radius 3 is 2.20 bits per heavy atom. The lowest BCUT2D eigenvalue weighted by Crippen LogP contribution is -2.30. The van der Waals surface area contributed by atoms with Crippen molar-refractivity contribution in [1.29, 1.82) is 0 Å². The number of aliphatic hydroxyl groups excluding tert-OH is 1. The summed E-state index contributed by atoms with van der Waals surface area (Å²) in [6, 6.07) is 9.71. The van der Waals surface area contributed by atoms with Gasteiger partial charge in [0.15, 0.2) is 0 Å². The lowest BCUT2D eigenvalue weighted by Gasteiger charge is -2.32. The molecular formula is C17H22N2O. The molecule has 1 atom stereocenters. The van der Waals surface area contributed by atoms with Crippen molar-refractivity contribution in [2.45, 2.75) is 45.1 Å². The predicted octanol–water partition coefficient (Wildman–Crippen LogP) is 3.61. The van der Waals surface area contributed by atoms with Gasteiger partial charge in [0, 0.05) is 17.8 Å². The molecule has 0 aliphatic heterocycles. The van der Waals surface area contributed by atoms with Crippen LogP contribution in [0, 0.1) is 0 Å². The average molecular weight is 270 g/mol. The van der Waals surface area contributed by atoms with Crippen molar-refractivity contribution in [3.8, 4) is 0 Å². The minimum atomic E-state index is -0.613. The number of benzene rings is 1. The van der Waals surface area contributed by atoms with Crippen LogP contribution in [0.4, 0.5) is 0 Å². The minimum absolute atomic E-state index is 0.279. The number of aliphatic hydroxyl groups is 1. The summed E-state index contributed by atoms with van der Waals surface area (Å²) in [5.41, 5.74) is 2.23. The van der Waals surface area contributed by atoms with Crippen LogP contribution in [-0.2, 0) is 5.41 Å². The SMILES string of the molecule is CC(C)c1nccnc1C(C)(C)C(O)c1ccccc1. The van der Waals surface area contributed by atoms with Crippen LogP contribution in [0.25, 0.3) is 0 Å². The smallest absolute Gasteiger partial charge is 0.0897 e. The Balaban J connectivity index is 2.45. The van der Waals surface area contributed by atoms with Crippen molar-refractivity contribution < 1.29 is 5.11 Å². The van der Waals surface area contributed by atoms with E-state index in [4.69, 9.17) is 0 Å². The van der Waals surface area contributed by atoms with Crippen LogP contribution < -0.4 is 0 Å². The van der Waals surface area contributed by atoms with Crippen molar-refractivity contribution >= 4 is 0 Å². The van der Waals surface area contributed by atoms with Crippen molar-refractivity contribution in [3.05, 3.63) is 59.7 Å². The molecule has 1 aromatic heterocycles. The van der Waals surface area contributed by atoms with Crippen molar-refractivity contribution in [1.82, 2.24) is 9.97 Å². The molecule has 3 heteroatoms. The van der Waals surface area contributed by atoms with Gasteiger partial charge in [-0.05, 0) is 11.5 Å². The fourth-order valence-corrected chi connectivity index (χ4v) is 2.45. The zero-order valence-corrected chi connectivity index (χ0v) is 12.5. The highest BCUT2D eigenvalue weighted by Crippen LogP contribution is 2.38. The molecule has 2 aromatic rings. The van der Waals surface area contributed by atoms with Crippen LogP contribution in [-0.4, -0.2) is 15.1 Å². The van der Waals surface area contributed by atoms with E-state index in [1.807, 2.05) is 44.2 Å². The van der Waals surface area contributed by atoms with Crippen molar-refractivity contribution in [3.63, 3.8) is 0 Å². The average Bonchev–Trinajstić information content (AvgIpc) is 2.47. The molecule has 0 radical (unpaired) electrons. The molecule has 3 nitrogen and oxygen atoms in total. The maximum Gasteiger partial charge on any atom is 0.0897 e. The maximum absolute atomic E-state index is 10.7. The lowest BCUT2D eigenvalue weighted by atomic mass is 9.77. The van der Waals surface area contributed by atoms with E-state index in [1.54, 1.807) is 12.4 Å². The molecular weight excluding hydrogens is 248 g/mol. The molecule has 0 bridgehead atoms. The number of hydrogen-bond acceptors (Lipinski definition) is 3. The van der Waals surface area contributed by atoms with Gasteiger partial charge < -0.3 is 5.11 Å². The second kappa shape index (κ2) is 5.71. The van der Waals surface area contributed by atoms with Crippen LogP contribution in [0.1, 0.15) is 56.7 Å². The molecule has 2 rings (SSSR count). The fourth-order valence-electron chi connectivity index (χ4n) is 2.45. The molecule has 0 amide bonds. The van der Waals surface area contributed by atoms with Crippen LogP contribution in [0.3, 0.4) is 0 Å². The Hall–Kier alpha value is -1.74. The molecule has 0 aliphatic carbocycles. The van der Waals surface area contributed by atoms with Gasteiger partial charge in [0.05, 0.1) is 17.5 Å². The van der Waals surface area contributed by atoms with E-state index in [0.717, 1.165) is 17.0 Å². The van der Waals surface area contributed by atoms with E-state index >= 15 is 0 Å². The molecule has 1 aromatic carbocycles. The third-order valence-electron chi connectivity index (χ3n) is 3.68. The van der Waals surface area contributed by atoms with Gasteiger partial charge in [0.1, 0.15) is 0 Å². The molecule has 0 fully saturated rings. The van der Waals surface area contributed by atoms with Gasteiger partial charge in [-0.2, -0.15) is 0 Å². The standard InChI is InChI=1S/C17H22N2O/c1-12(2)14-15(19-11-10-18-14)17(3,4)16(20)13-8-6-5-7-9-13/h5-12,16,20H,1-4H3. The summed E-state index contributed by atoms with van der Waals surface area (Å²) in [5.74, 6) is 0.279. The molecule has 0 saturated heterocycles. The van der Waals surface area contributed by atoms with Gasteiger partial charge in [-0.15, -0.1) is 0 Å². The van der Waals surface area contributed by atoms with E-state index in [1.165, 1.54) is 0 Å². The van der Waals surface area contributed by atoms with Gasteiger partial charge in [0.2, 0.25) is 0 Å². The van der Waals surface area contributed by atoms with Crippen LogP contribution >= 0.6 is 0 Å². The summed E-state index contributed by atoms with van der Waals surface area (Å²) >= 11 is 0. The Labute approximate surface area is 120 Å². The molecule has 1 unspecified atom stereocenters. The monoisotopic (exact) mass is 270 g/mol. The highest BCUT2D eigenvalue weighted by molar-refractivity contribution is 5.29. The van der Waals surface area contributed by atoms with Crippen LogP contribution in [0.15, 0.2) is 42.7 Å². The minimum Gasteiger partial charge on any atom is -0.387 e. The third-order valence-corrected chi connectivity index (χ3v) is 3.68. The summed E-state index contributed by atoms with van der Waals surface area (Å²) in [7, 11) is 0. The van der Waals surface area contributed by atoms with Gasteiger partial charge in [-0.3, -0.25) is 9.97 Å². The second-order valence-corrected chi connectivity index (χ2v) is 5.98. The van der Waals surface area contributed by atoms with Crippen LogP contribution in [0.5, 0.6) is 0 Å². The van der Waals surface area contributed by atoms with E-state index in [9.17, 15) is 5.11 Å². The number of rotatable bonds is 4. The van der Waals surface area contributed by atoms with Crippen molar-refractivity contribution in [2.24, 2.45) is 0 Å². The van der Waals surface area contributed by atoms with Gasteiger partial charge in [-0.1, -0.05) is 58.0 Å².